The molecule has 3 aromatic rings. The highest BCUT2D eigenvalue weighted by molar-refractivity contribution is 7.93. The number of carbonyl (C=O) groups is 1. The standard InChI is InChI=1S/C20H19N3O4S/c1-14-12-16(8-9-18(14)23-10-5-11-28(23,25)26)21-20(24)17-13-19(27-22-17)15-6-3-2-4-7-15/h2-4,6-9,12-13H,5,10-11H2,1H3,(H,21,24). The van der Waals surface area contributed by atoms with E-state index in [9.17, 15) is 13.2 Å². The molecular formula is C20H19N3O4S. The number of hydrogen-bond donors (Lipinski definition) is 1. The van der Waals surface area contributed by atoms with Crippen LogP contribution in [0.2, 0.25) is 0 Å². The monoisotopic (exact) mass is 397 g/mol. The van der Waals surface area contributed by atoms with E-state index in [4.69, 9.17) is 4.52 Å². The molecule has 2 heterocycles. The van der Waals surface area contributed by atoms with Crippen LogP contribution in [-0.4, -0.2) is 31.8 Å². The van der Waals surface area contributed by atoms with Gasteiger partial charge in [0.1, 0.15) is 0 Å². The van der Waals surface area contributed by atoms with E-state index in [1.54, 1.807) is 24.3 Å². The Morgan fingerprint density at radius 2 is 1.93 bits per heavy atom. The van der Waals surface area contributed by atoms with E-state index in [1.807, 2.05) is 37.3 Å². The maximum Gasteiger partial charge on any atom is 0.277 e. The van der Waals surface area contributed by atoms with Crippen molar-refractivity contribution in [3.63, 3.8) is 0 Å². The van der Waals surface area contributed by atoms with Gasteiger partial charge in [-0.15, -0.1) is 0 Å². The number of nitrogens with one attached hydrogen (secondary N) is 1. The van der Waals surface area contributed by atoms with E-state index in [2.05, 4.69) is 10.5 Å². The van der Waals surface area contributed by atoms with Crippen LogP contribution in [0, 0.1) is 6.92 Å². The van der Waals surface area contributed by atoms with Crippen LogP contribution in [0.3, 0.4) is 0 Å². The molecule has 28 heavy (non-hydrogen) atoms. The first-order valence-electron chi connectivity index (χ1n) is 8.88. The number of benzene rings is 2. The third kappa shape index (κ3) is 3.50. The molecule has 1 N–H and O–H groups in total. The fourth-order valence-corrected chi connectivity index (χ4v) is 4.87. The summed E-state index contributed by atoms with van der Waals surface area (Å²) in [6.07, 6.45) is 0.621. The molecule has 1 aromatic heterocycles. The molecule has 0 saturated carbocycles. The van der Waals surface area contributed by atoms with Crippen LogP contribution >= 0.6 is 0 Å². The van der Waals surface area contributed by atoms with Gasteiger partial charge in [0.25, 0.3) is 5.91 Å². The lowest BCUT2D eigenvalue weighted by molar-refractivity contribution is 0.101. The number of hydrogen-bond acceptors (Lipinski definition) is 5. The van der Waals surface area contributed by atoms with Gasteiger partial charge in [-0.2, -0.15) is 0 Å². The van der Waals surface area contributed by atoms with E-state index in [0.717, 1.165) is 11.1 Å². The van der Waals surface area contributed by atoms with Gasteiger partial charge in [0.05, 0.1) is 11.4 Å². The second kappa shape index (κ2) is 7.12. The molecule has 4 rings (SSSR count). The fourth-order valence-electron chi connectivity index (χ4n) is 3.24. The molecule has 2 aromatic carbocycles. The molecule has 0 spiro atoms. The van der Waals surface area contributed by atoms with Crippen molar-refractivity contribution in [2.24, 2.45) is 0 Å². The number of anilines is 2. The summed E-state index contributed by atoms with van der Waals surface area (Å²) in [6.45, 7) is 2.30. The molecule has 1 saturated heterocycles. The van der Waals surface area contributed by atoms with Gasteiger partial charge in [-0.05, 0) is 37.1 Å². The Hall–Kier alpha value is -3.13. The molecule has 0 radical (unpaired) electrons. The number of rotatable bonds is 4. The van der Waals surface area contributed by atoms with Crippen LogP contribution in [0.25, 0.3) is 11.3 Å². The number of amides is 1. The minimum absolute atomic E-state index is 0.167. The van der Waals surface area contributed by atoms with Gasteiger partial charge >= 0.3 is 0 Å². The number of aryl methyl sites for hydroxylation is 1. The van der Waals surface area contributed by atoms with Crippen LogP contribution in [-0.2, 0) is 10.0 Å². The summed E-state index contributed by atoms with van der Waals surface area (Å²) in [4.78, 5) is 12.5. The van der Waals surface area contributed by atoms with Crippen LogP contribution < -0.4 is 9.62 Å². The molecule has 7 nitrogen and oxygen atoms in total. The lowest BCUT2D eigenvalue weighted by atomic mass is 10.1. The maximum absolute atomic E-state index is 12.5. The van der Waals surface area contributed by atoms with Crippen molar-refractivity contribution >= 4 is 27.3 Å². The fraction of sp³-hybridized carbons (Fsp3) is 0.200. The van der Waals surface area contributed by atoms with Crippen molar-refractivity contribution in [1.82, 2.24) is 5.16 Å². The van der Waals surface area contributed by atoms with Crippen molar-refractivity contribution in [2.75, 3.05) is 21.9 Å². The molecule has 1 fully saturated rings. The van der Waals surface area contributed by atoms with Crippen molar-refractivity contribution in [3.8, 4) is 11.3 Å². The number of sulfonamides is 1. The molecule has 0 aliphatic carbocycles. The molecule has 0 unspecified atom stereocenters. The van der Waals surface area contributed by atoms with Crippen molar-refractivity contribution in [1.29, 1.82) is 0 Å². The van der Waals surface area contributed by atoms with Gasteiger partial charge < -0.3 is 9.84 Å². The zero-order chi connectivity index (χ0) is 19.7. The molecule has 1 aliphatic heterocycles. The average Bonchev–Trinajstić information content (AvgIpc) is 3.29. The second-order valence-corrected chi connectivity index (χ2v) is 8.65. The Labute approximate surface area is 163 Å². The van der Waals surface area contributed by atoms with E-state index < -0.39 is 15.9 Å². The SMILES string of the molecule is Cc1cc(NC(=O)c2cc(-c3ccccc3)on2)ccc1N1CCCS1(=O)=O. The Bertz CT molecular complexity index is 1120. The van der Waals surface area contributed by atoms with Crippen LogP contribution in [0.5, 0.6) is 0 Å². The predicted octanol–water partition coefficient (Wildman–Crippen LogP) is 3.44. The lowest BCUT2D eigenvalue weighted by Crippen LogP contribution is -2.25. The molecule has 0 bridgehead atoms. The van der Waals surface area contributed by atoms with Crippen LogP contribution in [0.4, 0.5) is 11.4 Å². The third-order valence-corrected chi connectivity index (χ3v) is 6.48. The Morgan fingerprint density at radius 3 is 2.61 bits per heavy atom. The summed E-state index contributed by atoms with van der Waals surface area (Å²) in [5.74, 6) is 0.282. The van der Waals surface area contributed by atoms with Crippen molar-refractivity contribution in [3.05, 3.63) is 65.9 Å². The summed E-state index contributed by atoms with van der Waals surface area (Å²) in [7, 11) is -3.24. The minimum Gasteiger partial charge on any atom is -0.355 e. The first-order chi connectivity index (χ1) is 13.4. The quantitative estimate of drug-likeness (QED) is 0.728. The zero-order valence-electron chi connectivity index (χ0n) is 15.3. The Morgan fingerprint density at radius 1 is 1.14 bits per heavy atom. The minimum atomic E-state index is -3.24. The summed E-state index contributed by atoms with van der Waals surface area (Å²) in [5, 5.41) is 6.61. The first-order valence-corrected chi connectivity index (χ1v) is 10.5. The van der Waals surface area contributed by atoms with Gasteiger partial charge in [0, 0.05) is 23.9 Å². The zero-order valence-corrected chi connectivity index (χ0v) is 16.1. The lowest BCUT2D eigenvalue weighted by Gasteiger charge is -2.19. The Balaban J connectivity index is 1.51. The van der Waals surface area contributed by atoms with Crippen LogP contribution in [0.15, 0.2) is 59.1 Å². The summed E-state index contributed by atoms with van der Waals surface area (Å²) in [5.41, 5.74) is 2.98. The second-order valence-electron chi connectivity index (χ2n) is 6.64. The summed E-state index contributed by atoms with van der Waals surface area (Å²) in [6, 6.07) is 16.1. The average molecular weight is 397 g/mol. The highest BCUT2D eigenvalue weighted by Gasteiger charge is 2.29. The topological polar surface area (TPSA) is 92.5 Å². The number of nitrogens with zero attached hydrogens (tertiary/aromatic N) is 2. The van der Waals surface area contributed by atoms with E-state index >= 15 is 0 Å². The predicted molar refractivity (Wildman–Crippen MR) is 107 cm³/mol. The molecule has 0 atom stereocenters. The molecule has 144 valence electrons. The van der Waals surface area contributed by atoms with E-state index in [1.165, 1.54) is 4.31 Å². The normalized spacial score (nSPS) is 15.5. The molecule has 8 heteroatoms. The highest BCUT2D eigenvalue weighted by atomic mass is 32.2. The number of aromatic nitrogens is 1. The molecular weight excluding hydrogens is 378 g/mol. The van der Waals surface area contributed by atoms with Crippen molar-refractivity contribution in [2.45, 2.75) is 13.3 Å². The number of carbonyl (C=O) groups excluding carboxylic acids is 1. The van der Waals surface area contributed by atoms with Gasteiger partial charge in [0.2, 0.25) is 10.0 Å². The van der Waals surface area contributed by atoms with Gasteiger partial charge in [-0.25, -0.2) is 8.42 Å². The maximum atomic E-state index is 12.5. The van der Waals surface area contributed by atoms with Gasteiger partial charge in [-0.1, -0.05) is 35.5 Å². The van der Waals surface area contributed by atoms with Crippen molar-refractivity contribution < 1.29 is 17.7 Å². The van der Waals surface area contributed by atoms with E-state index in [-0.39, 0.29) is 11.4 Å². The molecule has 1 amide bonds. The highest BCUT2D eigenvalue weighted by Crippen LogP contribution is 2.29. The van der Waals surface area contributed by atoms with Gasteiger partial charge in [0.15, 0.2) is 11.5 Å². The van der Waals surface area contributed by atoms with E-state index in [0.29, 0.717) is 30.1 Å². The van der Waals surface area contributed by atoms with Crippen LogP contribution in [0.1, 0.15) is 22.5 Å². The Kier molecular flexibility index (Phi) is 4.64. The molecule has 1 aliphatic rings. The largest absolute Gasteiger partial charge is 0.355 e. The summed E-state index contributed by atoms with van der Waals surface area (Å²) < 4.78 is 30.9. The third-order valence-electron chi connectivity index (χ3n) is 4.62. The smallest absolute Gasteiger partial charge is 0.277 e. The summed E-state index contributed by atoms with van der Waals surface area (Å²) >= 11 is 0. The van der Waals surface area contributed by atoms with Gasteiger partial charge in [-0.3, -0.25) is 9.10 Å². The first kappa shape index (κ1) is 18.2.